The van der Waals surface area contributed by atoms with E-state index in [1.165, 1.54) is 25.2 Å². The molecule has 2 N–H and O–H groups in total. The number of H-pyrrole nitrogens is 1. The first-order valence-electron chi connectivity index (χ1n) is 7.32. The number of nitrogens with one attached hydrogen (secondary N) is 1. The molecule has 3 rings (SSSR count). The molecule has 0 amide bonds. The molecule has 0 unspecified atom stereocenters. The normalized spacial score (nSPS) is 12.9. The molecule has 0 radical (unpaired) electrons. The van der Waals surface area contributed by atoms with Crippen LogP contribution in [-0.4, -0.2) is 24.9 Å². The summed E-state index contributed by atoms with van der Waals surface area (Å²) < 4.78 is 40.5. The van der Waals surface area contributed by atoms with Crippen molar-refractivity contribution in [3.63, 3.8) is 0 Å². The van der Waals surface area contributed by atoms with Crippen molar-refractivity contribution in [3.8, 4) is 0 Å². The summed E-state index contributed by atoms with van der Waals surface area (Å²) in [5.74, 6) is 0.192. The summed E-state index contributed by atoms with van der Waals surface area (Å²) in [6, 6.07) is 1.71. The second-order valence-corrected chi connectivity index (χ2v) is 7.47. The zero-order valence-electron chi connectivity index (χ0n) is 13.6. The lowest BCUT2D eigenvalue weighted by Gasteiger charge is -2.17. The van der Waals surface area contributed by atoms with Gasteiger partial charge in [-0.05, 0) is 26.8 Å². The number of aliphatic hydroxyl groups is 1. The fourth-order valence-electron chi connectivity index (χ4n) is 2.48. The average Bonchev–Trinajstić information content (AvgIpc) is 3.01. The van der Waals surface area contributed by atoms with Crippen LogP contribution in [0.5, 0.6) is 0 Å². The topological polar surface area (TPSA) is 83.8 Å². The van der Waals surface area contributed by atoms with E-state index in [2.05, 4.69) is 15.1 Å². The Morgan fingerprint density at radius 2 is 2.04 bits per heavy atom. The Kier molecular flexibility index (Phi) is 3.99. The van der Waals surface area contributed by atoms with Gasteiger partial charge in [0.05, 0.1) is 17.5 Å². The van der Waals surface area contributed by atoms with E-state index in [-0.39, 0.29) is 23.5 Å². The van der Waals surface area contributed by atoms with Crippen LogP contribution >= 0.6 is 11.3 Å². The Balaban J connectivity index is 2.04. The lowest BCUT2D eigenvalue weighted by molar-refractivity contribution is -0.144. The molecule has 0 aliphatic carbocycles. The number of fused-ring (bicyclic) bond motifs is 1. The highest BCUT2D eigenvalue weighted by atomic mass is 32.1. The smallest absolute Gasteiger partial charge is 0.386 e. The fraction of sp³-hybridized carbons (Fsp3) is 0.400. The maximum atomic E-state index is 13.1. The van der Waals surface area contributed by atoms with Gasteiger partial charge >= 0.3 is 6.18 Å². The standard InChI is InChI=1S/C15H15F3N4O2S/c1-7-4-8-12(23)19-10(20-13(8)25-7)6-22-5-9(14(2,3)24)11(21-22)15(16,17)18/h4-5,24H,6H2,1-3H3,(H,19,20,23). The third kappa shape index (κ3) is 3.45. The molecule has 3 heterocycles. The predicted octanol–water partition coefficient (Wildman–Crippen LogP) is 2.78. The van der Waals surface area contributed by atoms with Gasteiger partial charge < -0.3 is 10.1 Å². The van der Waals surface area contributed by atoms with E-state index in [0.717, 1.165) is 15.8 Å². The van der Waals surface area contributed by atoms with Gasteiger partial charge in [-0.25, -0.2) is 4.98 Å². The summed E-state index contributed by atoms with van der Waals surface area (Å²) in [5.41, 5.74) is -3.56. The van der Waals surface area contributed by atoms with Crippen LogP contribution in [0, 0.1) is 6.92 Å². The number of rotatable bonds is 3. The summed E-state index contributed by atoms with van der Waals surface area (Å²) in [5, 5.41) is 14.0. The van der Waals surface area contributed by atoms with E-state index < -0.39 is 17.5 Å². The quantitative estimate of drug-likeness (QED) is 0.741. The van der Waals surface area contributed by atoms with Crippen molar-refractivity contribution in [2.24, 2.45) is 0 Å². The van der Waals surface area contributed by atoms with E-state index >= 15 is 0 Å². The van der Waals surface area contributed by atoms with Crippen LogP contribution in [-0.2, 0) is 18.3 Å². The molecule has 6 nitrogen and oxygen atoms in total. The van der Waals surface area contributed by atoms with Gasteiger partial charge in [0.25, 0.3) is 5.56 Å². The first kappa shape index (κ1) is 17.6. The number of alkyl halides is 3. The van der Waals surface area contributed by atoms with Gasteiger partial charge in [-0.1, -0.05) is 0 Å². The number of aryl methyl sites for hydroxylation is 1. The van der Waals surface area contributed by atoms with E-state index in [4.69, 9.17) is 0 Å². The van der Waals surface area contributed by atoms with Crippen molar-refractivity contribution in [2.45, 2.75) is 39.1 Å². The molecular weight excluding hydrogens is 357 g/mol. The lowest BCUT2D eigenvalue weighted by atomic mass is 9.99. The molecule has 3 aromatic heterocycles. The van der Waals surface area contributed by atoms with Gasteiger partial charge in [0.1, 0.15) is 10.7 Å². The summed E-state index contributed by atoms with van der Waals surface area (Å²) in [6.45, 7) is 4.19. The molecule has 134 valence electrons. The Labute approximate surface area is 143 Å². The highest BCUT2D eigenvalue weighted by molar-refractivity contribution is 7.18. The third-order valence-corrected chi connectivity index (χ3v) is 4.52. The largest absolute Gasteiger partial charge is 0.435 e. The Hall–Kier alpha value is -2.20. The molecule has 0 aromatic carbocycles. The van der Waals surface area contributed by atoms with E-state index in [1.54, 1.807) is 6.07 Å². The second-order valence-electron chi connectivity index (χ2n) is 6.23. The van der Waals surface area contributed by atoms with Crippen molar-refractivity contribution >= 4 is 21.6 Å². The summed E-state index contributed by atoms with van der Waals surface area (Å²) in [7, 11) is 0. The predicted molar refractivity (Wildman–Crippen MR) is 86.6 cm³/mol. The zero-order chi connectivity index (χ0) is 18.6. The molecule has 0 bridgehead atoms. The van der Waals surface area contributed by atoms with Gasteiger partial charge in [-0.3, -0.25) is 9.48 Å². The molecule has 0 aliphatic heterocycles. The molecule has 0 atom stereocenters. The van der Waals surface area contributed by atoms with Gasteiger partial charge in [-0.2, -0.15) is 18.3 Å². The molecule has 0 aliphatic rings. The second kappa shape index (κ2) is 5.67. The Morgan fingerprint density at radius 1 is 1.36 bits per heavy atom. The van der Waals surface area contributed by atoms with Crippen LogP contribution in [0.25, 0.3) is 10.2 Å². The highest BCUT2D eigenvalue weighted by Gasteiger charge is 2.41. The molecule has 0 saturated heterocycles. The first-order chi connectivity index (χ1) is 11.4. The maximum Gasteiger partial charge on any atom is 0.435 e. The number of hydrogen-bond donors (Lipinski definition) is 2. The van der Waals surface area contributed by atoms with Crippen LogP contribution in [0.1, 0.15) is 35.8 Å². The number of aromatic amines is 1. The summed E-state index contributed by atoms with van der Waals surface area (Å²) in [6.07, 6.45) is -3.58. The molecule has 3 aromatic rings. The van der Waals surface area contributed by atoms with Gasteiger partial charge in [-0.15, -0.1) is 11.3 Å². The van der Waals surface area contributed by atoms with Gasteiger partial charge in [0, 0.05) is 16.6 Å². The molecule has 0 saturated carbocycles. The maximum absolute atomic E-state index is 13.1. The van der Waals surface area contributed by atoms with Crippen molar-refractivity contribution in [2.75, 3.05) is 0 Å². The van der Waals surface area contributed by atoms with E-state index in [0.29, 0.717) is 10.2 Å². The lowest BCUT2D eigenvalue weighted by Crippen LogP contribution is -2.20. The Morgan fingerprint density at radius 3 is 2.60 bits per heavy atom. The van der Waals surface area contributed by atoms with Gasteiger partial charge in [0.2, 0.25) is 0 Å². The van der Waals surface area contributed by atoms with Crippen molar-refractivity contribution < 1.29 is 18.3 Å². The molecule has 0 spiro atoms. The molecular formula is C15H15F3N4O2S. The number of thiophene rings is 1. The van der Waals surface area contributed by atoms with Crippen LogP contribution in [0.4, 0.5) is 13.2 Å². The average molecular weight is 372 g/mol. The minimum Gasteiger partial charge on any atom is -0.386 e. The van der Waals surface area contributed by atoms with E-state index in [1.807, 2.05) is 6.92 Å². The number of hydrogen-bond acceptors (Lipinski definition) is 5. The molecule has 25 heavy (non-hydrogen) atoms. The highest BCUT2D eigenvalue weighted by Crippen LogP contribution is 2.35. The van der Waals surface area contributed by atoms with Crippen molar-refractivity contribution in [3.05, 3.63) is 44.6 Å². The molecule has 0 fully saturated rings. The Bertz CT molecular complexity index is 964. The third-order valence-electron chi connectivity index (χ3n) is 3.58. The van der Waals surface area contributed by atoms with Crippen molar-refractivity contribution in [1.82, 2.24) is 19.7 Å². The number of aromatic nitrogens is 4. The minimum absolute atomic E-state index is 0.152. The number of halogens is 3. The minimum atomic E-state index is -4.70. The monoisotopic (exact) mass is 372 g/mol. The van der Waals surface area contributed by atoms with Crippen LogP contribution in [0.15, 0.2) is 17.1 Å². The molecule has 10 heteroatoms. The number of nitrogens with zero attached hydrogens (tertiary/aromatic N) is 3. The fourth-order valence-corrected chi connectivity index (χ4v) is 3.38. The van der Waals surface area contributed by atoms with Crippen LogP contribution in [0.3, 0.4) is 0 Å². The zero-order valence-corrected chi connectivity index (χ0v) is 14.4. The SMILES string of the molecule is Cc1cc2c(=O)[nH]c(Cn3cc(C(C)(C)O)c(C(F)(F)F)n3)nc2s1. The summed E-state index contributed by atoms with van der Waals surface area (Å²) >= 11 is 1.33. The van der Waals surface area contributed by atoms with Crippen LogP contribution < -0.4 is 5.56 Å². The van der Waals surface area contributed by atoms with Crippen LogP contribution in [0.2, 0.25) is 0 Å². The summed E-state index contributed by atoms with van der Waals surface area (Å²) in [4.78, 5) is 20.3. The van der Waals surface area contributed by atoms with Gasteiger partial charge in [0.15, 0.2) is 5.69 Å². The van der Waals surface area contributed by atoms with E-state index in [9.17, 15) is 23.1 Å². The first-order valence-corrected chi connectivity index (χ1v) is 8.13. The van der Waals surface area contributed by atoms with Crippen molar-refractivity contribution in [1.29, 1.82) is 0 Å².